The Labute approximate surface area is 170 Å². The highest BCUT2D eigenvalue weighted by molar-refractivity contribution is 5.90. The molecular weight excluding hydrogens is 360 g/mol. The highest BCUT2D eigenvalue weighted by atomic mass is 16.5. The van der Waals surface area contributed by atoms with Gasteiger partial charge in [0.25, 0.3) is 0 Å². The normalized spacial score (nSPS) is 16.8. The standard InChI is InChI=1S/C24H24N4O/c1-29-20-11-9-17(10-12-20)22-23(18-6-3-2-4-7-18)27-28-21(13-15-26-24(22)28)19-8-5-14-25-16-19/h2-4,6-7,9-13,15,19,25H,5,8,14,16H2,1H3. The number of nitrogens with one attached hydrogen (secondary N) is 1. The lowest BCUT2D eigenvalue weighted by Gasteiger charge is -2.23. The van der Waals surface area contributed by atoms with Crippen molar-refractivity contribution in [1.29, 1.82) is 0 Å². The van der Waals surface area contributed by atoms with E-state index >= 15 is 0 Å². The van der Waals surface area contributed by atoms with E-state index in [0.717, 1.165) is 46.9 Å². The van der Waals surface area contributed by atoms with Crippen LogP contribution in [0.25, 0.3) is 28.0 Å². The molecule has 1 atom stereocenters. The molecule has 3 heterocycles. The first-order valence-electron chi connectivity index (χ1n) is 10.1. The van der Waals surface area contributed by atoms with Gasteiger partial charge in [-0.25, -0.2) is 9.50 Å². The van der Waals surface area contributed by atoms with Gasteiger partial charge in [-0.15, -0.1) is 0 Å². The number of benzene rings is 2. The number of rotatable bonds is 4. The predicted octanol–water partition coefficient (Wildman–Crippen LogP) is 4.54. The maximum Gasteiger partial charge on any atom is 0.163 e. The van der Waals surface area contributed by atoms with Gasteiger partial charge in [0.05, 0.1) is 18.4 Å². The Bertz CT molecular complexity index is 1110. The van der Waals surface area contributed by atoms with E-state index in [0.29, 0.717) is 5.92 Å². The van der Waals surface area contributed by atoms with Gasteiger partial charge in [-0.3, -0.25) is 0 Å². The smallest absolute Gasteiger partial charge is 0.163 e. The van der Waals surface area contributed by atoms with Crippen LogP contribution in [0.4, 0.5) is 0 Å². The molecule has 0 aliphatic carbocycles. The van der Waals surface area contributed by atoms with E-state index in [1.54, 1.807) is 7.11 Å². The molecule has 0 amide bonds. The van der Waals surface area contributed by atoms with Gasteiger partial charge in [0.15, 0.2) is 5.65 Å². The van der Waals surface area contributed by atoms with Crippen molar-refractivity contribution >= 4 is 5.65 Å². The van der Waals surface area contributed by atoms with E-state index in [9.17, 15) is 0 Å². The largest absolute Gasteiger partial charge is 0.497 e. The van der Waals surface area contributed by atoms with Crippen LogP contribution < -0.4 is 10.1 Å². The average molecular weight is 384 g/mol. The topological polar surface area (TPSA) is 51.5 Å². The fourth-order valence-electron chi connectivity index (χ4n) is 4.20. The maximum absolute atomic E-state index is 5.34. The van der Waals surface area contributed by atoms with Gasteiger partial charge in [-0.1, -0.05) is 42.5 Å². The zero-order chi connectivity index (χ0) is 19.6. The van der Waals surface area contributed by atoms with E-state index in [1.807, 2.05) is 24.4 Å². The average Bonchev–Trinajstić information content (AvgIpc) is 3.20. The molecule has 4 aromatic rings. The summed E-state index contributed by atoms with van der Waals surface area (Å²) in [5, 5.41) is 8.59. The van der Waals surface area contributed by atoms with Crippen molar-refractivity contribution in [3.63, 3.8) is 0 Å². The minimum absolute atomic E-state index is 0.446. The summed E-state index contributed by atoms with van der Waals surface area (Å²) in [4.78, 5) is 4.75. The van der Waals surface area contributed by atoms with Gasteiger partial charge < -0.3 is 10.1 Å². The first-order chi connectivity index (χ1) is 14.3. The highest BCUT2D eigenvalue weighted by Gasteiger charge is 2.23. The molecule has 0 spiro atoms. The third-order valence-corrected chi connectivity index (χ3v) is 5.69. The van der Waals surface area contributed by atoms with Crippen LogP contribution in [0.1, 0.15) is 24.5 Å². The molecule has 146 valence electrons. The summed E-state index contributed by atoms with van der Waals surface area (Å²) in [6.45, 7) is 2.08. The summed E-state index contributed by atoms with van der Waals surface area (Å²) < 4.78 is 7.40. The van der Waals surface area contributed by atoms with Crippen molar-refractivity contribution in [3.8, 4) is 28.1 Å². The molecule has 1 fully saturated rings. The molecule has 29 heavy (non-hydrogen) atoms. The molecular formula is C24H24N4O. The Hall–Kier alpha value is -3.18. The third-order valence-electron chi connectivity index (χ3n) is 5.69. The van der Waals surface area contributed by atoms with Gasteiger partial charge in [-0.05, 0) is 43.1 Å². The lowest BCUT2D eigenvalue weighted by atomic mass is 9.96. The summed E-state index contributed by atoms with van der Waals surface area (Å²) >= 11 is 0. The molecule has 5 heteroatoms. The second kappa shape index (κ2) is 7.68. The van der Waals surface area contributed by atoms with E-state index in [1.165, 1.54) is 18.5 Å². The first kappa shape index (κ1) is 17.9. The predicted molar refractivity (Wildman–Crippen MR) is 115 cm³/mol. The fourth-order valence-corrected chi connectivity index (χ4v) is 4.20. The monoisotopic (exact) mass is 384 g/mol. The number of methoxy groups -OCH3 is 1. The Morgan fingerprint density at radius 3 is 2.55 bits per heavy atom. The zero-order valence-electron chi connectivity index (χ0n) is 16.5. The van der Waals surface area contributed by atoms with Crippen LogP contribution in [-0.2, 0) is 0 Å². The molecule has 2 aromatic carbocycles. The van der Waals surface area contributed by atoms with Gasteiger partial charge in [0.1, 0.15) is 11.4 Å². The molecule has 0 bridgehead atoms. The summed E-state index contributed by atoms with van der Waals surface area (Å²) in [7, 11) is 1.69. The van der Waals surface area contributed by atoms with Crippen molar-refractivity contribution in [2.24, 2.45) is 0 Å². The molecule has 5 nitrogen and oxygen atoms in total. The van der Waals surface area contributed by atoms with Crippen molar-refractivity contribution < 1.29 is 4.74 Å². The highest BCUT2D eigenvalue weighted by Crippen LogP contribution is 2.36. The van der Waals surface area contributed by atoms with Gasteiger partial charge >= 0.3 is 0 Å². The van der Waals surface area contributed by atoms with E-state index in [-0.39, 0.29) is 0 Å². The van der Waals surface area contributed by atoms with Crippen molar-refractivity contribution in [1.82, 2.24) is 19.9 Å². The lowest BCUT2D eigenvalue weighted by Crippen LogP contribution is -2.29. The van der Waals surface area contributed by atoms with Crippen LogP contribution in [0.15, 0.2) is 66.9 Å². The van der Waals surface area contributed by atoms with E-state index in [2.05, 4.69) is 52.3 Å². The van der Waals surface area contributed by atoms with Gasteiger partial charge in [0.2, 0.25) is 0 Å². The Morgan fingerprint density at radius 2 is 1.83 bits per heavy atom. The quantitative estimate of drug-likeness (QED) is 0.561. The van der Waals surface area contributed by atoms with Crippen molar-refractivity contribution in [2.45, 2.75) is 18.8 Å². The van der Waals surface area contributed by atoms with Crippen LogP contribution in [0, 0.1) is 0 Å². The summed E-state index contributed by atoms with van der Waals surface area (Å²) in [5.74, 6) is 1.29. The molecule has 0 radical (unpaired) electrons. The van der Waals surface area contributed by atoms with E-state index < -0.39 is 0 Å². The van der Waals surface area contributed by atoms with Crippen molar-refractivity contribution in [2.75, 3.05) is 20.2 Å². The molecule has 2 aromatic heterocycles. The minimum atomic E-state index is 0.446. The number of aromatic nitrogens is 3. The molecule has 5 rings (SSSR count). The Kier molecular flexibility index (Phi) is 4.74. The van der Waals surface area contributed by atoms with Crippen LogP contribution in [0.2, 0.25) is 0 Å². The minimum Gasteiger partial charge on any atom is -0.497 e. The lowest BCUT2D eigenvalue weighted by molar-refractivity contribution is 0.415. The SMILES string of the molecule is COc1ccc(-c2c(-c3ccccc3)nn3c(C4CCCNC4)ccnc23)cc1. The van der Waals surface area contributed by atoms with Crippen LogP contribution in [-0.4, -0.2) is 34.8 Å². The number of ether oxygens (including phenoxy) is 1. The molecule has 1 unspecified atom stereocenters. The number of hydrogen-bond acceptors (Lipinski definition) is 4. The molecule has 1 N–H and O–H groups in total. The first-order valence-corrected chi connectivity index (χ1v) is 10.1. The molecule has 1 aliphatic rings. The van der Waals surface area contributed by atoms with Gasteiger partial charge in [0, 0.05) is 24.2 Å². The Balaban J connectivity index is 1.74. The zero-order valence-corrected chi connectivity index (χ0v) is 16.5. The van der Waals surface area contributed by atoms with Crippen molar-refractivity contribution in [3.05, 3.63) is 72.6 Å². The van der Waals surface area contributed by atoms with Crippen LogP contribution >= 0.6 is 0 Å². The second-order valence-electron chi connectivity index (χ2n) is 7.47. The maximum atomic E-state index is 5.34. The number of nitrogens with zero attached hydrogens (tertiary/aromatic N) is 3. The van der Waals surface area contributed by atoms with Gasteiger partial charge in [-0.2, -0.15) is 5.10 Å². The Morgan fingerprint density at radius 1 is 1.00 bits per heavy atom. The second-order valence-corrected chi connectivity index (χ2v) is 7.47. The fraction of sp³-hybridized carbons (Fsp3) is 0.250. The van der Waals surface area contributed by atoms with E-state index in [4.69, 9.17) is 14.8 Å². The van der Waals surface area contributed by atoms with Crippen LogP contribution in [0.5, 0.6) is 5.75 Å². The molecule has 1 aliphatic heterocycles. The third kappa shape index (κ3) is 3.28. The molecule has 0 saturated carbocycles. The summed E-state index contributed by atoms with van der Waals surface area (Å²) in [5.41, 5.74) is 6.32. The van der Waals surface area contributed by atoms with Crippen LogP contribution in [0.3, 0.4) is 0 Å². The molecule has 1 saturated heterocycles. The summed E-state index contributed by atoms with van der Waals surface area (Å²) in [6, 6.07) is 20.6. The number of hydrogen-bond donors (Lipinski definition) is 1. The number of piperidine rings is 1. The summed E-state index contributed by atoms with van der Waals surface area (Å²) in [6.07, 6.45) is 4.28. The number of fused-ring (bicyclic) bond motifs is 1.